The van der Waals surface area contributed by atoms with Gasteiger partial charge < -0.3 is 9.64 Å². The highest BCUT2D eigenvalue weighted by Crippen LogP contribution is 2.27. The van der Waals surface area contributed by atoms with Gasteiger partial charge in [0.05, 0.1) is 6.61 Å². The van der Waals surface area contributed by atoms with Crippen LogP contribution in [0.3, 0.4) is 0 Å². The molecule has 96 valence electrons. The number of hydrogen-bond donors (Lipinski definition) is 0. The van der Waals surface area contributed by atoms with Gasteiger partial charge in [-0.2, -0.15) is 0 Å². The van der Waals surface area contributed by atoms with Gasteiger partial charge in [0.25, 0.3) is 0 Å². The number of nitrogens with zero attached hydrogens (tertiary/aromatic N) is 3. The van der Waals surface area contributed by atoms with E-state index >= 15 is 0 Å². The van der Waals surface area contributed by atoms with Crippen LogP contribution in [0.15, 0.2) is 24.3 Å². The average Bonchev–Trinajstić information content (AvgIpc) is 2.42. The van der Waals surface area contributed by atoms with Crippen LogP contribution in [-0.4, -0.2) is 37.0 Å². The van der Waals surface area contributed by atoms with Gasteiger partial charge in [-0.05, 0) is 6.92 Å². The molecule has 0 aliphatic rings. The van der Waals surface area contributed by atoms with Gasteiger partial charge in [-0.15, -0.1) is 10.2 Å². The first-order valence-electron chi connectivity index (χ1n) is 5.92. The molecule has 2 rings (SSSR count). The van der Waals surface area contributed by atoms with Gasteiger partial charge in [0.2, 0.25) is 0 Å². The number of aromatic nitrogens is 2. The minimum atomic E-state index is 0.442. The highest BCUT2D eigenvalue weighted by Gasteiger charge is 2.12. The third kappa shape index (κ3) is 2.54. The Kier molecular flexibility index (Phi) is 4.33. The second kappa shape index (κ2) is 5.98. The third-order valence-electron chi connectivity index (χ3n) is 2.87. The van der Waals surface area contributed by atoms with Gasteiger partial charge in [0.1, 0.15) is 0 Å². The summed E-state index contributed by atoms with van der Waals surface area (Å²) < 4.78 is 5.12. The fourth-order valence-corrected chi connectivity index (χ4v) is 2.11. The standard InChI is InChI=1S/C13H16ClN3O/c1-3-17(8-9-18-2)13-11-7-5-4-6-10(11)12(14)15-16-13/h4-7H,3,8-9H2,1-2H3. The smallest absolute Gasteiger partial charge is 0.159 e. The Morgan fingerprint density at radius 1 is 1.22 bits per heavy atom. The van der Waals surface area contributed by atoms with Crippen LogP contribution in [-0.2, 0) is 4.74 Å². The molecule has 0 fully saturated rings. The molecule has 0 N–H and O–H groups in total. The molecule has 2 aromatic rings. The quantitative estimate of drug-likeness (QED) is 0.833. The number of benzene rings is 1. The van der Waals surface area contributed by atoms with Crippen molar-refractivity contribution in [3.8, 4) is 0 Å². The fourth-order valence-electron chi connectivity index (χ4n) is 1.91. The summed E-state index contributed by atoms with van der Waals surface area (Å²) in [5.41, 5.74) is 0. The van der Waals surface area contributed by atoms with Crippen molar-refractivity contribution >= 4 is 28.2 Å². The van der Waals surface area contributed by atoms with Gasteiger partial charge in [0.15, 0.2) is 11.0 Å². The van der Waals surface area contributed by atoms with Crippen LogP contribution in [0.1, 0.15) is 6.92 Å². The summed E-state index contributed by atoms with van der Waals surface area (Å²) in [7, 11) is 1.69. The molecule has 0 atom stereocenters. The van der Waals surface area contributed by atoms with Crippen molar-refractivity contribution in [1.29, 1.82) is 0 Å². The Bertz CT molecular complexity index is 533. The summed E-state index contributed by atoms with van der Waals surface area (Å²) in [6.07, 6.45) is 0. The number of rotatable bonds is 5. The van der Waals surface area contributed by atoms with Crippen molar-refractivity contribution in [3.05, 3.63) is 29.4 Å². The van der Waals surface area contributed by atoms with Crippen molar-refractivity contribution in [1.82, 2.24) is 10.2 Å². The third-order valence-corrected chi connectivity index (χ3v) is 3.15. The predicted molar refractivity (Wildman–Crippen MR) is 74.3 cm³/mol. The van der Waals surface area contributed by atoms with E-state index in [4.69, 9.17) is 16.3 Å². The molecule has 0 bridgehead atoms. The molecule has 1 aromatic carbocycles. The van der Waals surface area contributed by atoms with E-state index in [1.165, 1.54) is 0 Å². The van der Waals surface area contributed by atoms with Crippen LogP contribution in [0.2, 0.25) is 5.15 Å². The van der Waals surface area contributed by atoms with Crippen molar-refractivity contribution in [2.24, 2.45) is 0 Å². The number of fused-ring (bicyclic) bond motifs is 1. The molecular formula is C13H16ClN3O. The van der Waals surface area contributed by atoms with E-state index in [0.717, 1.165) is 29.7 Å². The topological polar surface area (TPSA) is 38.2 Å². The lowest BCUT2D eigenvalue weighted by atomic mass is 10.2. The molecule has 0 spiro atoms. The Morgan fingerprint density at radius 3 is 2.61 bits per heavy atom. The first-order chi connectivity index (χ1) is 8.77. The lowest BCUT2D eigenvalue weighted by Gasteiger charge is -2.22. The van der Waals surface area contributed by atoms with E-state index in [-0.39, 0.29) is 0 Å². The maximum absolute atomic E-state index is 6.06. The number of methoxy groups -OCH3 is 1. The SMILES string of the molecule is CCN(CCOC)c1nnc(Cl)c2ccccc12. The van der Waals surface area contributed by atoms with E-state index < -0.39 is 0 Å². The Morgan fingerprint density at radius 2 is 1.94 bits per heavy atom. The Balaban J connectivity index is 2.46. The van der Waals surface area contributed by atoms with Crippen LogP contribution in [0, 0.1) is 0 Å². The van der Waals surface area contributed by atoms with Crippen LogP contribution in [0.5, 0.6) is 0 Å². The fraction of sp³-hybridized carbons (Fsp3) is 0.385. The number of ether oxygens (including phenoxy) is 1. The first kappa shape index (κ1) is 13.1. The zero-order valence-corrected chi connectivity index (χ0v) is 11.3. The summed E-state index contributed by atoms with van der Waals surface area (Å²) in [4.78, 5) is 2.13. The van der Waals surface area contributed by atoms with Gasteiger partial charge >= 0.3 is 0 Å². The Hall–Kier alpha value is -1.39. The molecule has 0 saturated heterocycles. The van der Waals surface area contributed by atoms with E-state index in [1.54, 1.807) is 7.11 Å². The molecule has 5 heteroatoms. The van der Waals surface area contributed by atoms with Crippen LogP contribution in [0.25, 0.3) is 10.8 Å². The molecule has 0 radical (unpaired) electrons. The van der Waals surface area contributed by atoms with Crippen molar-refractivity contribution in [2.75, 3.05) is 31.7 Å². The van der Waals surface area contributed by atoms with Crippen LogP contribution in [0.4, 0.5) is 5.82 Å². The maximum Gasteiger partial charge on any atom is 0.159 e. The molecule has 0 saturated carbocycles. The van der Waals surface area contributed by atoms with Gasteiger partial charge in [-0.3, -0.25) is 0 Å². The van der Waals surface area contributed by atoms with E-state index in [0.29, 0.717) is 11.8 Å². The average molecular weight is 266 g/mol. The largest absolute Gasteiger partial charge is 0.383 e. The molecule has 18 heavy (non-hydrogen) atoms. The maximum atomic E-state index is 6.06. The second-order valence-electron chi connectivity index (χ2n) is 3.93. The van der Waals surface area contributed by atoms with E-state index in [9.17, 15) is 0 Å². The molecule has 0 amide bonds. The Labute approximate surface area is 112 Å². The van der Waals surface area contributed by atoms with Crippen LogP contribution < -0.4 is 4.90 Å². The summed E-state index contributed by atoms with van der Waals surface area (Å²) in [5.74, 6) is 0.856. The van der Waals surface area contributed by atoms with E-state index in [1.807, 2.05) is 24.3 Å². The zero-order chi connectivity index (χ0) is 13.0. The van der Waals surface area contributed by atoms with Crippen LogP contribution >= 0.6 is 11.6 Å². The predicted octanol–water partition coefficient (Wildman–Crippen LogP) is 2.76. The monoisotopic (exact) mass is 265 g/mol. The van der Waals surface area contributed by atoms with E-state index in [2.05, 4.69) is 22.0 Å². The minimum Gasteiger partial charge on any atom is -0.383 e. The molecule has 0 unspecified atom stereocenters. The van der Waals surface area contributed by atoms with Gasteiger partial charge in [0, 0.05) is 31.0 Å². The number of hydrogen-bond acceptors (Lipinski definition) is 4. The normalized spacial score (nSPS) is 10.8. The molecule has 4 nitrogen and oxygen atoms in total. The van der Waals surface area contributed by atoms with Gasteiger partial charge in [-0.25, -0.2) is 0 Å². The molecule has 0 aliphatic carbocycles. The molecule has 0 aliphatic heterocycles. The molecule has 1 heterocycles. The second-order valence-corrected chi connectivity index (χ2v) is 4.29. The summed E-state index contributed by atoms with van der Waals surface area (Å²) >= 11 is 6.06. The summed E-state index contributed by atoms with van der Waals surface area (Å²) in [6, 6.07) is 7.90. The summed E-state index contributed by atoms with van der Waals surface area (Å²) in [6.45, 7) is 4.38. The van der Waals surface area contributed by atoms with Crippen molar-refractivity contribution in [2.45, 2.75) is 6.92 Å². The number of halogens is 1. The number of anilines is 1. The zero-order valence-electron chi connectivity index (χ0n) is 10.6. The highest BCUT2D eigenvalue weighted by atomic mass is 35.5. The van der Waals surface area contributed by atoms with Crippen molar-refractivity contribution in [3.63, 3.8) is 0 Å². The lowest BCUT2D eigenvalue weighted by Crippen LogP contribution is -2.28. The highest BCUT2D eigenvalue weighted by molar-refractivity contribution is 6.34. The lowest BCUT2D eigenvalue weighted by molar-refractivity contribution is 0.205. The number of likely N-dealkylation sites (N-methyl/N-ethyl adjacent to an activating group) is 1. The van der Waals surface area contributed by atoms with Crippen molar-refractivity contribution < 1.29 is 4.74 Å². The first-order valence-corrected chi connectivity index (χ1v) is 6.30. The minimum absolute atomic E-state index is 0.442. The molecule has 1 aromatic heterocycles. The van der Waals surface area contributed by atoms with Gasteiger partial charge in [-0.1, -0.05) is 35.9 Å². The molecular weight excluding hydrogens is 250 g/mol. The summed E-state index contributed by atoms with van der Waals surface area (Å²) in [5, 5.41) is 10.6.